The van der Waals surface area contributed by atoms with Gasteiger partial charge >= 0.3 is 0 Å². The number of phenolic OH excluding ortho intramolecular Hbond substituents is 1. The van der Waals surface area contributed by atoms with Crippen molar-refractivity contribution < 1.29 is 9.50 Å². The number of nitrogens with one attached hydrogen (secondary N) is 1. The fourth-order valence-electron chi connectivity index (χ4n) is 2.26. The predicted octanol–water partition coefficient (Wildman–Crippen LogP) is 2.89. The van der Waals surface area contributed by atoms with Crippen LogP contribution < -0.4 is 5.32 Å². The molecule has 0 aliphatic carbocycles. The van der Waals surface area contributed by atoms with E-state index >= 15 is 0 Å². The molecule has 2 nitrogen and oxygen atoms in total. The molecule has 1 heterocycles. The van der Waals surface area contributed by atoms with Crippen molar-refractivity contribution in [1.82, 2.24) is 5.32 Å². The van der Waals surface area contributed by atoms with E-state index in [1.807, 2.05) is 0 Å². The summed E-state index contributed by atoms with van der Waals surface area (Å²) in [7, 11) is 0. The molecule has 1 aromatic rings. The molecule has 1 aliphatic rings. The Balaban J connectivity index is 2.27. The van der Waals surface area contributed by atoms with E-state index in [1.165, 1.54) is 6.92 Å². The standard InChI is InChI=1S/C13H18FNO/c1-9(14)10-4-5-13(16)12(7-10)11-3-2-6-15-8-11/h4-5,7,9,11,15-16H,2-3,6,8H2,1H3. The smallest absolute Gasteiger partial charge is 0.122 e. The molecule has 0 spiro atoms. The zero-order valence-corrected chi connectivity index (χ0v) is 9.54. The normalized spacial score (nSPS) is 23.0. The SMILES string of the molecule is CC(F)c1ccc(O)c(C2CCCNC2)c1. The molecular formula is C13H18FNO. The molecule has 88 valence electrons. The fraction of sp³-hybridized carbons (Fsp3) is 0.538. The van der Waals surface area contributed by atoms with Gasteiger partial charge in [-0.1, -0.05) is 6.07 Å². The van der Waals surface area contributed by atoms with Crippen molar-refractivity contribution >= 4 is 0 Å². The minimum atomic E-state index is -0.976. The topological polar surface area (TPSA) is 32.3 Å². The summed E-state index contributed by atoms with van der Waals surface area (Å²) in [6.07, 6.45) is 1.19. The van der Waals surface area contributed by atoms with Crippen molar-refractivity contribution in [2.24, 2.45) is 0 Å². The minimum Gasteiger partial charge on any atom is -0.508 e. The van der Waals surface area contributed by atoms with Gasteiger partial charge < -0.3 is 10.4 Å². The van der Waals surface area contributed by atoms with Gasteiger partial charge in [0.15, 0.2) is 0 Å². The lowest BCUT2D eigenvalue weighted by Gasteiger charge is -2.24. The lowest BCUT2D eigenvalue weighted by atomic mass is 9.89. The summed E-state index contributed by atoms with van der Waals surface area (Å²) < 4.78 is 13.2. The van der Waals surface area contributed by atoms with E-state index in [0.29, 0.717) is 11.5 Å². The van der Waals surface area contributed by atoms with Crippen molar-refractivity contribution in [2.75, 3.05) is 13.1 Å². The van der Waals surface area contributed by atoms with E-state index in [9.17, 15) is 9.50 Å². The molecule has 0 amide bonds. The van der Waals surface area contributed by atoms with Crippen molar-refractivity contribution in [3.8, 4) is 5.75 Å². The summed E-state index contributed by atoms with van der Waals surface area (Å²) in [5, 5.41) is 13.1. The summed E-state index contributed by atoms with van der Waals surface area (Å²) in [6.45, 7) is 3.43. The van der Waals surface area contributed by atoms with Gasteiger partial charge in [0.1, 0.15) is 11.9 Å². The summed E-state index contributed by atoms with van der Waals surface area (Å²) >= 11 is 0. The third-order valence-corrected chi connectivity index (χ3v) is 3.25. The summed E-state index contributed by atoms with van der Waals surface area (Å²) in [5.41, 5.74) is 1.53. The molecule has 1 saturated heterocycles. The Bertz CT molecular complexity index is 359. The van der Waals surface area contributed by atoms with Gasteiger partial charge in [-0.2, -0.15) is 0 Å². The zero-order valence-electron chi connectivity index (χ0n) is 9.54. The molecule has 0 aromatic heterocycles. The number of rotatable bonds is 2. The Morgan fingerprint density at radius 1 is 1.50 bits per heavy atom. The van der Waals surface area contributed by atoms with Gasteiger partial charge in [-0.05, 0) is 49.6 Å². The van der Waals surface area contributed by atoms with Crippen LogP contribution in [0.1, 0.15) is 43.0 Å². The molecule has 1 aromatic carbocycles. The Kier molecular flexibility index (Phi) is 3.44. The molecule has 2 unspecified atom stereocenters. The summed E-state index contributed by atoms with van der Waals surface area (Å²) in [5.74, 6) is 0.602. The number of aromatic hydroxyl groups is 1. The predicted molar refractivity (Wildman–Crippen MR) is 62.5 cm³/mol. The van der Waals surface area contributed by atoms with E-state index in [2.05, 4.69) is 5.32 Å². The van der Waals surface area contributed by atoms with Crippen LogP contribution in [0.25, 0.3) is 0 Å². The number of alkyl halides is 1. The minimum absolute atomic E-state index is 0.290. The van der Waals surface area contributed by atoms with Crippen LogP contribution in [0.5, 0.6) is 5.75 Å². The molecule has 2 atom stereocenters. The van der Waals surface area contributed by atoms with Crippen LogP contribution in [0.3, 0.4) is 0 Å². The third-order valence-electron chi connectivity index (χ3n) is 3.25. The highest BCUT2D eigenvalue weighted by molar-refractivity contribution is 5.39. The van der Waals surface area contributed by atoms with Crippen LogP contribution in [0.4, 0.5) is 4.39 Å². The number of phenols is 1. The number of hydrogen-bond acceptors (Lipinski definition) is 2. The van der Waals surface area contributed by atoms with Crippen LogP contribution in [-0.2, 0) is 0 Å². The number of hydrogen-bond donors (Lipinski definition) is 2. The van der Waals surface area contributed by atoms with E-state index < -0.39 is 6.17 Å². The van der Waals surface area contributed by atoms with Crippen LogP contribution in [0, 0.1) is 0 Å². The van der Waals surface area contributed by atoms with Gasteiger partial charge in [-0.25, -0.2) is 4.39 Å². The molecule has 2 N–H and O–H groups in total. The Morgan fingerprint density at radius 2 is 2.31 bits per heavy atom. The molecular weight excluding hydrogens is 205 g/mol. The van der Waals surface area contributed by atoms with E-state index in [4.69, 9.17) is 0 Å². The molecule has 3 heteroatoms. The molecule has 0 bridgehead atoms. The molecule has 1 fully saturated rings. The van der Waals surface area contributed by atoms with E-state index in [0.717, 1.165) is 31.5 Å². The quantitative estimate of drug-likeness (QED) is 0.808. The molecule has 16 heavy (non-hydrogen) atoms. The average Bonchev–Trinajstić information content (AvgIpc) is 2.30. The Labute approximate surface area is 95.5 Å². The van der Waals surface area contributed by atoms with Crippen LogP contribution >= 0.6 is 0 Å². The molecule has 0 radical (unpaired) electrons. The highest BCUT2D eigenvalue weighted by Crippen LogP contribution is 2.33. The van der Waals surface area contributed by atoms with E-state index in [1.54, 1.807) is 18.2 Å². The van der Waals surface area contributed by atoms with Crippen LogP contribution in [0.15, 0.2) is 18.2 Å². The van der Waals surface area contributed by atoms with Gasteiger partial charge in [0.25, 0.3) is 0 Å². The maximum Gasteiger partial charge on any atom is 0.122 e. The first kappa shape index (κ1) is 11.4. The van der Waals surface area contributed by atoms with Gasteiger partial charge in [-0.15, -0.1) is 0 Å². The van der Waals surface area contributed by atoms with Crippen molar-refractivity contribution in [3.63, 3.8) is 0 Å². The van der Waals surface area contributed by atoms with Gasteiger partial charge in [0.2, 0.25) is 0 Å². The number of piperidine rings is 1. The summed E-state index contributed by atoms with van der Waals surface area (Å²) in [4.78, 5) is 0. The number of halogens is 1. The first-order valence-electron chi connectivity index (χ1n) is 5.86. The monoisotopic (exact) mass is 223 g/mol. The average molecular weight is 223 g/mol. The molecule has 2 rings (SSSR count). The second-order valence-electron chi connectivity index (χ2n) is 4.48. The van der Waals surface area contributed by atoms with Crippen LogP contribution in [0.2, 0.25) is 0 Å². The largest absolute Gasteiger partial charge is 0.508 e. The maximum atomic E-state index is 13.2. The van der Waals surface area contributed by atoms with Crippen molar-refractivity contribution in [1.29, 1.82) is 0 Å². The lowest BCUT2D eigenvalue weighted by Crippen LogP contribution is -2.28. The van der Waals surface area contributed by atoms with Gasteiger partial charge in [0.05, 0.1) is 0 Å². The second kappa shape index (κ2) is 4.83. The van der Waals surface area contributed by atoms with E-state index in [-0.39, 0.29) is 5.75 Å². The highest BCUT2D eigenvalue weighted by Gasteiger charge is 2.19. The van der Waals surface area contributed by atoms with Crippen molar-refractivity contribution in [2.45, 2.75) is 31.9 Å². The maximum absolute atomic E-state index is 13.2. The van der Waals surface area contributed by atoms with Gasteiger partial charge in [-0.3, -0.25) is 0 Å². The first-order chi connectivity index (χ1) is 7.68. The van der Waals surface area contributed by atoms with Crippen LogP contribution in [-0.4, -0.2) is 18.2 Å². The van der Waals surface area contributed by atoms with Gasteiger partial charge in [0, 0.05) is 12.5 Å². The molecule has 1 aliphatic heterocycles. The number of benzene rings is 1. The Morgan fingerprint density at radius 3 is 2.94 bits per heavy atom. The highest BCUT2D eigenvalue weighted by atomic mass is 19.1. The van der Waals surface area contributed by atoms with Crippen molar-refractivity contribution in [3.05, 3.63) is 29.3 Å². The fourth-order valence-corrected chi connectivity index (χ4v) is 2.26. The third kappa shape index (κ3) is 2.35. The molecule has 0 saturated carbocycles. The summed E-state index contributed by atoms with van der Waals surface area (Å²) in [6, 6.07) is 5.06. The zero-order chi connectivity index (χ0) is 11.5. The Hall–Kier alpha value is -1.09. The second-order valence-corrected chi connectivity index (χ2v) is 4.48. The lowest BCUT2D eigenvalue weighted by molar-refractivity contribution is 0.371. The first-order valence-corrected chi connectivity index (χ1v) is 5.86.